The molecule has 31 heavy (non-hydrogen) atoms. The van der Waals surface area contributed by atoms with Crippen molar-refractivity contribution in [2.45, 2.75) is 32.2 Å². The van der Waals surface area contributed by atoms with E-state index >= 15 is 0 Å². The van der Waals surface area contributed by atoms with Gasteiger partial charge in [-0.1, -0.05) is 6.07 Å². The highest BCUT2D eigenvalue weighted by Gasteiger charge is 2.37. The topological polar surface area (TPSA) is 97.5 Å². The van der Waals surface area contributed by atoms with Gasteiger partial charge in [0.05, 0.1) is 18.8 Å². The van der Waals surface area contributed by atoms with Gasteiger partial charge in [-0.05, 0) is 37.5 Å². The Hall–Kier alpha value is -3.33. The Morgan fingerprint density at radius 2 is 1.94 bits per heavy atom. The standard InChI is InChI=1S/C22H24N6O3/c1-15-2-3-17(14-25-15)19-7-12-31-28(19)21(29)16-5-10-27(11-6-16)22-24-8-4-18(26-22)20-23-9-13-30-20/h2-4,8-9,13-14,16,19H,5-7,10-12H2,1H3/t19-/m0/s1. The smallest absolute Gasteiger partial charge is 0.249 e. The number of piperidine rings is 1. The summed E-state index contributed by atoms with van der Waals surface area (Å²) in [5.74, 6) is 1.07. The van der Waals surface area contributed by atoms with E-state index in [-0.39, 0.29) is 17.9 Å². The van der Waals surface area contributed by atoms with Crippen molar-refractivity contribution in [3.8, 4) is 11.6 Å². The van der Waals surface area contributed by atoms with Crippen molar-refractivity contribution in [2.24, 2.45) is 5.92 Å². The van der Waals surface area contributed by atoms with Gasteiger partial charge in [-0.15, -0.1) is 0 Å². The van der Waals surface area contributed by atoms with Crippen molar-refractivity contribution in [2.75, 3.05) is 24.6 Å². The first kappa shape index (κ1) is 19.6. The van der Waals surface area contributed by atoms with Crippen LogP contribution in [0.25, 0.3) is 11.6 Å². The Kier molecular flexibility index (Phi) is 5.33. The summed E-state index contributed by atoms with van der Waals surface area (Å²) in [5.41, 5.74) is 2.63. The summed E-state index contributed by atoms with van der Waals surface area (Å²) in [4.78, 5) is 38.5. The van der Waals surface area contributed by atoms with Crippen LogP contribution in [0.3, 0.4) is 0 Å². The van der Waals surface area contributed by atoms with Crippen LogP contribution in [-0.2, 0) is 9.63 Å². The van der Waals surface area contributed by atoms with Crippen LogP contribution in [0.5, 0.6) is 0 Å². The summed E-state index contributed by atoms with van der Waals surface area (Å²) in [6.45, 7) is 3.91. The molecule has 2 saturated heterocycles. The number of rotatable bonds is 4. The van der Waals surface area contributed by atoms with E-state index in [0.29, 0.717) is 37.2 Å². The Morgan fingerprint density at radius 1 is 1.06 bits per heavy atom. The number of aryl methyl sites for hydroxylation is 1. The molecule has 3 aromatic heterocycles. The van der Waals surface area contributed by atoms with Gasteiger partial charge in [0.2, 0.25) is 17.7 Å². The van der Waals surface area contributed by atoms with Gasteiger partial charge in [0.1, 0.15) is 12.0 Å². The minimum absolute atomic E-state index is 0.0529. The molecule has 9 nitrogen and oxygen atoms in total. The molecule has 5 heterocycles. The summed E-state index contributed by atoms with van der Waals surface area (Å²) in [7, 11) is 0. The molecular weight excluding hydrogens is 396 g/mol. The van der Waals surface area contributed by atoms with Crippen molar-refractivity contribution >= 4 is 11.9 Å². The van der Waals surface area contributed by atoms with Crippen LogP contribution < -0.4 is 4.90 Å². The Bertz CT molecular complexity index is 1030. The number of amides is 1. The molecule has 0 aliphatic carbocycles. The number of anilines is 1. The van der Waals surface area contributed by atoms with Crippen LogP contribution in [0.1, 0.15) is 36.6 Å². The predicted molar refractivity (Wildman–Crippen MR) is 112 cm³/mol. The number of hydrogen-bond donors (Lipinski definition) is 0. The van der Waals surface area contributed by atoms with E-state index in [1.807, 2.05) is 25.3 Å². The van der Waals surface area contributed by atoms with E-state index in [0.717, 1.165) is 30.5 Å². The number of aromatic nitrogens is 4. The van der Waals surface area contributed by atoms with E-state index < -0.39 is 0 Å². The molecule has 1 atom stereocenters. The Morgan fingerprint density at radius 3 is 2.68 bits per heavy atom. The minimum Gasteiger partial charge on any atom is -0.443 e. The molecule has 5 rings (SSSR count). The maximum Gasteiger partial charge on any atom is 0.249 e. The van der Waals surface area contributed by atoms with Crippen molar-refractivity contribution in [3.05, 3.63) is 54.3 Å². The molecular formula is C22H24N6O3. The maximum atomic E-state index is 13.2. The monoisotopic (exact) mass is 420 g/mol. The second kappa shape index (κ2) is 8.43. The molecule has 0 unspecified atom stereocenters. The molecule has 0 bridgehead atoms. The second-order valence-electron chi connectivity index (χ2n) is 7.88. The molecule has 0 saturated carbocycles. The zero-order valence-corrected chi connectivity index (χ0v) is 17.3. The third-order valence-corrected chi connectivity index (χ3v) is 5.86. The van der Waals surface area contributed by atoms with Gasteiger partial charge in [0.25, 0.3) is 0 Å². The van der Waals surface area contributed by atoms with Crippen LogP contribution in [0, 0.1) is 12.8 Å². The second-order valence-corrected chi connectivity index (χ2v) is 7.88. The van der Waals surface area contributed by atoms with E-state index in [1.165, 1.54) is 6.26 Å². The molecule has 0 spiro atoms. The van der Waals surface area contributed by atoms with Gasteiger partial charge in [-0.2, -0.15) is 0 Å². The maximum absolute atomic E-state index is 13.2. The average molecular weight is 420 g/mol. The molecule has 2 fully saturated rings. The van der Waals surface area contributed by atoms with Crippen molar-refractivity contribution in [3.63, 3.8) is 0 Å². The molecule has 1 amide bonds. The summed E-state index contributed by atoms with van der Waals surface area (Å²) >= 11 is 0. The summed E-state index contributed by atoms with van der Waals surface area (Å²) in [6.07, 6.45) is 8.90. The zero-order chi connectivity index (χ0) is 21.2. The normalized spacial score (nSPS) is 19.7. The lowest BCUT2D eigenvalue weighted by Gasteiger charge is -2.34. The molecule has 0 aromatic carbocycles. The molecule has 9 heteroatoms. The molecule has 0 N–H and O–H groups in total. The molecule has 160 valence electrons. The predicted octanol–water partition coefficient (Wildman–Crippen LogP) is 2.96. The number of oxazole rings is 1. The lowest BCUT2D eigenvalue weighted by molar-refractivity contribution is -0.182. The highest BCUT2D eigenvalue weighted by atomic mass is 16.7. The van der Waals surface area contributed by atoms with Crippen LogP contribution in [0.4, 0.5) is 5.95 Å². The minimum atomic E-state index is -0.0785. The molecule has 3 aromatic rings. The summed E-state index contributed by atoms with van der Waals surface area (Å²) < 4.78 is 5.33. The fraction of sp³-hybridized carbons (Fsp3) is 0.409. The third-order valence-electron chi connectivity index (χ3n) is 5.86. The molecule has 0 radical (unpaired) electrons. The Balaban J connectivity index is 1.24. The summed E-state index contributed by atoms with van der Waals surface area (Å²) in [6, 6.07) is 5.71. The zero-order valence-electron chi connectivity index (χ0n) is 17.3. The highest BCUT2D eigenvalue weighted by molar-refractivity contribution is 5.79. The van der Waals surface area contributed by atoms with E-state index in [9.17, 15) is 4.79 Å². The van der Waals surface area contributed by atoms with Gasteiger partial charge >= 0.3 is 0 Å². The van der Waals surface area contributed by atoms with Crippen molar-refractivity contribution in [1.82, 2.24) is 25.0 Å². The average Bonchev–Trinajstić information content (AvgIpc) is 3.52. The third kappa shape index (κ3) is 4.00. The quantitative estimate of drug-likeness (QED) is 0.635. The SMILES string of the molecule is Cc1ccc([C@@H]2CCON2C(=O)C2CCN(c3nccc(-c4ncco4)n3)CC2)cn1. The molecule has 2 aliphatic rings. The number of carbonyl (C=O) groups is 1. The Labute approximate surface area is 180 Å². The van der Waals surface area contributed by atoms with Crippen LogP contribution in [0.2, 0.25) is 0 Å². The lowest BCUT2D eigenvalue weighted by atomic mass is 9.95. The number of hydrogen-bond acceptors (Lipinski definition) is 8. The number of carbonyl (C=O) groups excluding carboxylic acids is 1. The van der Waals surface area contributed by atoms with E-state index in [4.69, 9.17) is 9.25 Å². The largest absolute Gasteiger partial charge is 0.443 e. The first-order chi connectivity index (χ1) is 15.2. The summed E-state index contributed by atoms with van der Waals surface area (Å²) in [5, 5.41) is 1.58. The van der Waals surface area contributed by atoms with E-state index in [1.54, 1.807) is 23.5 Å². The van der Waals surface area contributed by atoms with Gasteiger partial charge in [0.15, 0.2) is 0 Å². The van der Waals surface area contributed by atoms with Gasteiger partial charge in [0, 0.05) is 43.5 Å². The van der Waals surface area contributed by atoms with Crippen molar-refractivity contribution in [1.29, 1.82) is 0 Å². The number of nitrogens with zero attached hydrogens (tertiary/aromatic N) is 6. The number of pyridine rings is 1. The fourth-order valence-corrected chi connectivity index (χ4v) is 4.14. The molecule has 2 aliphatic heterocycles. The van der Waals surface area contributed by atoms with Gasteiger partial charge in [-0.25, -0.2) is 20.0 Å². The van der Waals surface area contributed by atoms with Gasteiger partial charge in [-0.3, -0.25) is 14.6 Å². The van der Waals surface area contributed by atoms with Crippen LogP contribution >= 0.6 is 0 Å². The fourth-order valence-electron chi connectivity index (χ4n) is 4.14. The highest BCUT2D eigenvalue weighted by Crippen LogP contribution is 2.33. The van der Waals surface area contributed by atoms with Gasteiger partial charge < -0.3 is 9.32 Å². The first-order valence-corrected chi connectivity index (χ1v) is 10.6. The van der Waals surface area contributed by atoms with Crippen LogP contribution in [0.15, 0.2) is 47.5 Å². The number of hydroxylamine groups is 2. The van der Waals surface area contributed by atoms with E-state index in [2.05, 4.69) is 24.8 Å². The lowest BCUT2D eigenvalue weighted by Crippen LogP contribution is -2.42. The van der Waals surface area contributed by atoms with Crippen molar-refractivity contribution < 1.29 is 14.0 Å². The first-order valence-electron chi connectivity index (χ1n) is 10.6. The van der Waals surface area contributed by atoms with Crippen LogP contribution in [-0.4, -0.2) is 50.6 Å².